The van der Waals surface area contributed by atoms with Crippen LogP contribution in [0.4, 0.5) is 0 Å². The molecule has 6 heteroatoms. The van der Waals surface area contributed by atoms with Crippen LogP contribution in [0.3, 0.4) is 0 Å². The van der Waals surface area contributed by atoms with Gasteiger partial charge in [0.25, 0.3) is 0 Å². The Kier molecular flexibility index (Phi) is 9.84. The maximum absolute atomic E-state index is 5.78. The summed E-state index contributed by atoms with van der Waals surface area (Å²) in [6.45, 7) is 11.5. The summed E-state index contributed by atoms with van der Waals surface area (Å²) >= 11 is 0. The highest BCUT2D eigenvalue weighted by molar-refractivity contribution is 5.79. The molecule has 0 aromatic carbocycles. The summed E-state index contributed by atoms with van der Waals surface area (Å²) in [6, 6.07) is 3.84. The zero-order valence-corrected chi connectivity index (χ0v) is 15.6. The second kappa shape index (κ2) is 11.7. The lowest BCUT2D eigenvalue weighted by Crippen LogP contribution is -2.39. The number of hydrogen-bond acceptors (Lipinski definition) is 4. The van der Waals surface area contributed by atoms with Crippen LogP contribution in [0.2, 0.25) is 0 Å². The van der Waals surface area contributed by atoms with Gasteiger partial charge >= 0.3 is 0 Å². The average molecular weight is 336 g/mol. The van der Waals surface area contributed by atoms with Crippen molar-refractivity contribution in [1.29, 1.82) is 0 Å². The van der Waals surface area contributed by atoms with Gasteiger partial charge in [-0.15, -0.1) is 0 Å². The van der Waals surface area contributed by atoms with E-state index in [9.17, 15) is 0 Å². The largest absolute Gasteiger partial charge is 0.481 e. The summed E-state index contributed by atoms with van der Waals surface area (Å²) in [6.07, 6.45) is 2.97. The maximum atomic E-state index is 5.78. The standard InChI is InChI=1S/C18H32N4O2/c1-6-19-18(21-11-9-16(14(3)4)24-7-2)22-13-15-8-10-20-17(12-15)23-5/h8,10,12,14,16H,6-7,9,11,13H2,1-5H3,(H2,19,21,22). The SMILES string of the molecule is CCNC(=NCc1ccnc(OC)c1)NCCC(OCC)C(C)C. The molecule has 1 unspecified atom stereocenters. The van der Waals surface area contributed by atoms with E-state index in [2.05, 4.69) is 41.4 Å². The lowest BCUT2D eigenvalue weighted by molar-refractivity contribution is 0.0258. The number of guanidine groups is 1. The highest BCUT2D eigenvalue weighted by atomic mass is 16.5. The minimum Gasteiger partial charge on any atom is -0.481 e. The van der Waals surface area contributed by atoms with Gasteiger partial charge in [-0.05, 0) is 37.8 Å². The quantitative estimate of drug-likeness (QED) is 0.508. The van der Waals surface area contributed by atoms with Crippen molar-refractivity contribution in [3.8, 4) is 5.88 Å². The van der Waals surface area contributed by atoms with Crippen LogP contribution in [0, 0.1) is 5.92 Å². The van der Waals surface area contributed by atoms with Crippen molar-refractivity contribution >= 4 is 5.96 Å². The molecule has 0 aliphatic rings. The minimum absolute atomic E-state index is 0.273. The van der Waals surface area contributed by atoms with E-state index in [0.717, 1.165) is 37.6 Å². The number of pyridine rings is 1. The van der Waals surface area contributed by atoms with E-state index >= 15 is 0 Å². The fraction of sp³-hybridized carbons (Fsp3) is 0.667. The third kappa shape index (κ3) is 7.64. The lowest BCUT2D eigenvalue weighted by Gasteiger charge is -2.21. The van der Waals surface area contributed by atoms with Crippen molar-refractivity contribution in [3.63, 3.8) is 0 Å². The summed E-state index contributed by atoms with van der Waals surface area (Å²) in [5, 5.41) is 6.64. The van der Waals surface area contributed by atoms with E-state index in [0.29, 0.717) is 18.3 Å². The lowest BCUT2D eigenvalue weighted by atomic mass is 10.0. The molecular formula is C18H32N4O2. The predicted octanol–water partition coefficient (Wildman–Crippen LogP) is 2.60. The Morgan fingerprint density at radius 1 is 1.29 bits per heavy atom. The number of hydrogen-bond donors (Lipinski definition) is 2. The molecular weight excluding hydrogens is 304 g/mol. The van der Waals surface area contributed by atoms with Crippen molar-refractivity contribution in [3.05, 3.63) is 23.9 Å². The van der Waals surface area contributed by atoms with Crippen LogP contribution in [0.5, 0.6) is 5.88 Å². The first-order valence-corrected chi connectivity index (χ1v) is 8.73. The molecule has 136 valence electrons. The first-order valence-electron chi connectivity index (χ1n) is 8.73. The van der Waals surface area contributed by atoms with Crippen molar-refractivity contribution < 1.29 is 9.47 Å². The van der Waals surface area contributed by atoms with Gasteiger partial charge in [-0.1, -0.05) is 13.8 Å². The minimum atomic E-state index is 0.273. The molecule has 6 nitrogen and oxygen atoms in total. The Morgan fingerprint density at radius 2 is 2.08 bits per heavy atom. The van der Waals surface area contributed by atoms with Gasteiger partial charge < -0.3 is 20.1 Å². The molecule has 1 aromatic heterocycles. The van der Waals surface area contributed by atoms with Gasteiger partial charge in [0.05, 0.1) is 19.8 Å². The molecule has 0 saturated heterocycles. The summed E-state index contributed by atoms with van der Waals surface area (Å²) in [5.74, 6) is 1.93. The van der Waals surface area contributed by atoms with Gasteiger partial charge in [0.1, 0.15) is 0 Å². The number of methoxy groups -OCH3 is 1. The molecule has 1 atom stereocenters. The molecule has 0 spiro atoms. The Morgan fingerprint density at radius 3 is 2.71 bits per heavy atom. The molecule has 2 N–H and O–H groups in total. The van der Waals surface area contributed by atoms with E-state index in [1.54, 1.807) is 13.3 Å². The van der Waals surface area contributed by atoms with Gasteiger partial charge in [0.15, 0.2) is 5.96 Å². The third-order valence-electron chi connectivity index (χ3n) is 3.62. The van der Waals surface area contributed by atoms with Crippen LogP contribution in [-0.4, -0.2) is 43.9 Å². The topological polar surface area (TPSA) is 67.8 Å². The average Bonchev–Trinajstić information content (AvgIpc) is 2.58. The molecule has 1 heterocycles. The highest BCUT2D eigenvalue weighted by Crippen LogP contribution is 2.10. The summed E-state index contributed by atoms with van der Waals surface area (Å²) in [5.41, 5.74) is 1.06. The maximum Gasteiger partial charge on any atom is 0.213 e. The predicted molar refractivity (Wildman–Crippen MR) is 98.5 cm³/mol. The number of nitrogens with zero attached hydrogens (tertiary/aromatic N) is 2. The van der Waals surface area contributed by atoms with Gasteiger partial charge in [0.2, 0.25) is 5.88 Å². The molecule has 0 aliphatic heterocycles. The number of aromatic nitrogens is 1. The van der Waals surface area contributed by atoms with Crippen LogP contribution in [0.1, 0.15) is 39.7 Å². The molecule has 0 amide bonds. The Balaban J connectivity index is 2.55. The first kappa shape index (κ1) is 20.2. The molecule has 0 radical (unpaired) electrons. The Bertz CT molecular complexity index is 492. The van der Waals surface area contributed by atoms with E-state index in [-0.39, 0.29) is 6.10 Å². The second-order valence-corrected chi connectivity index (χ2v) is 5.85. The van der Waals surface area contributed by atoms with Gasteiger partial charge in [-0.25, -0.2) is 9.98 Å². The Labute approximate surface area is 146 Å². The first-order chi connectivity index (χ1) is 11.6. The van der Waals surface area contributed by atoms with Crippen LogP contribution in [0.15, 0.2) is 23.3 Å². The van der Waals surface area contributed by atoms with Crippen LogP contribution >= 0.6 is 0 Å². The molecule has 24 heavy (non-hydrogen) atoms. The van der Waals surface area contributed by atoms with Crippen molar-refractivity contribution in [2.45, 2.75) is 46.8 Å². The van der Waals surface area contributed by atoms with Crippen molar-refractivity contribution in [2.75, 3.05) is 26.8 Å². The van der Waals surface area contributed by atoms with E-state index in [4.69, 9.17) is 9.47 Å². The van der Waals surface area contributed by atoms with E-state index in [1.165, 1.54) is 0 Å². The molecule has 0 aliphatic carbocycles. The zero-order valence-electron chi connectivity index (χ0n) is 15.6. The van der Waals surface area contributed by atoms with Crippen LogP contribution in [-0.2, 0) is 11.3 Å². The van der Waals surface area contributed by atoms with Crippen LogP contribution < -0.4 is 15.4 Å². The second-order valence-electron chi connectivity index (χ2n) is 5.85. The van der Waals surface area contributed by atoms with Crippen molar-refractivity contribution in [2.24, 2.45) is 10.9 Å². The molecule has 1 aromatic rings. The third-order valence-corrected chi connectivity index (χ3v) is 3.62. The summed E-state index contributed by atoms with van der Waals surface area (Å²) in [4.78, 5) is 8.73. The van der Waals surface area contributed by atoms with Crippen LogP contribution in [0.25, 0.3) is 0 Å². The van der Waals surface area contributed by atoms with Crippen molar-refractivity contribution in [1.82, 2.24) is 15.6 Å². The number of aliphatic imine (C=N–C) groups is 1. The molecule has 0 bridgehead atoms. The normalized spacial score (nSPS) is 13.0. The monoisotopic (exact) mass is 336 g/mol. The smallest absolute Gasteiger partial charge is 0.213 e. The van der Waals surface area contributed by atoms with E-state index < -0.39 is 0 Å². The number of rotatable bonds is 10. The van der Waals surface area contributed by atoms with Gasteiger partial charge in [-0.2, -0.15) is 0 Å². The molecule has 1 rings (SSSR count). The fourth-order valence-electron chi connectivity index (χ4n) is 2.33. The van der Waals surface area contributed by atoms with E-state index in [1.807, 2.05) is 19.1 Å². The highest BCUT2D eigenvalue weighted by Gasteiger charge is 2.12. The molecule has 0 fully saturated rings. The number of nitrogens with one attached hydrogen (secondary N) is 2. The Hall–Kier alpha value is -1.82. The fourth-order valence-corrected chi connectivity index (χ4v) is 2.33. The summed E-state index contributed by atoms with van der Waals surface area (Å²) in [7, 11) is 1.62. The number of ether oxygens (including phenoxy) is 2. The summed E-state index contributed by atoms with van der Waals surface area (Å²) < 4.78 is 10.9. The van der Waals surface area contributed by atoms with Gasteiger partial charge in [-0.3, -0.25) is 0 Å². The van der Waals surface area contributed by atoms with Gasteiger partial charge in [0, 0.05) is 32.0 Å². The zero-order chi connectivity index (χ0) is 17.8. The molecule has 0 saturated carbocycles.